The van der Waals surface area contributed by atoms with E-state index in [9.17, 15) is 4.79 Å². The summed E-state index contributed by atoms with van der Waals surface area (Å²) in [6.45, 7) is 2.04. The zero-order valence-electron chi connectivity index (χ0n) is 13.6. The van der Waals surface area contributed by atoms with Gasteiger partial charge in [0.15, 0.2) is 5.16 Å². The molecule has 1 aromatic heterocycles. The van der Waals surface area contributed by atoms with Crippen LogP contribution in [0, 0.1) is 0 Å². The highest BCUT2D eigenvalue weighted by Crippen LogP contribution is 2.23. The van der Waals surface area contributed by atoms with Crippen molar-refractivity contribution < 1.29 is 4.79 Å². The molecule has 0 saturated heterocycles. The van der Waals surface area contributed by atoms with E-state index in [4.69, 9.17) is 0 Å². The van der Waals surface area contributed by atoms with Crippen LogP contribution < -0.4 is 5.32 Å². The van der Waals surface area contributed by atoms with Gasteiger partial charge in [0.2, 0.25) is 5.91 Å². The number of aromatic nitrogens is 3. The molecule has 0 atom stereocenters. The van der Waals surface area contributed by atoms with Gasteiger partial charge < -0.3 is 5.32 Å². The Labute approximate surface area is 159 Å². The molecule has 25 heavy (non-hydrogen) atoms. The maximum Gasteiger partial charge on any atom is 0.234 e. The Hall–Kier alpha value is -2.12. The number of para-hydroxylation sites is 1. The smallest absolute Gasteiger partial charge is 0.234 e. The van der Waals surface area contributed by atoms with Crippen LogP contribution in [-0.4, -0.2) is 26.4 Å². The Balaban J connectivity index is 1.71. The molecule has 128 valence electrons. The van der Waals surface area contributed by atoms with Crippen LogP contribution in [0.4, 0.5) is 5.69 Å². The number of rotatable bonds is 6. The first kappa shape index (κ1) is 17.7. The molecule has 0 spiro atoms. The predicted octanol–water partition coefficient (Wildman–Crippen LogP) is 4.32. The average molecular weight is 417 g/mol. The fourth-order valence-corrected chi connectivity index (χ4v) is 3.52. The number of hydrogen-bond acceptors (Lipinski definition) is 4. The number of thioether (sulfide) groups is 1. The molecule has 0 aliphatic rings. The minimum atomic E-state index is -0.0799. The van der Waals surface area contributed by atoms with E-state index in [0.29, 0.717) is 5.16 Å². The molecular weight excluding hydrogens is 400 g/mol. The van der Waals surface area contributed by atoms with Crippen molar-refractivity contribution in [2.75, 3.05) is 11.1 Å². The van der Waals surface area contributed by atoms with Crippen LogP contribution in [0.5, 0.6) is 0 Å². The molecule has 1 N–H and O–H groups in total. The Morgan fingerprint density at radius 1 is 1.16 bits per heavy atom. The van der Waals surface area contributed by atoms with Crippen molar-refractivity contribution in [3.63, 3.8) is 0 Å². The topological polar surface area (TPSA) is 59.8 Å². The molecule has 0 aliphatic carbocycles. The lowest BCUT2D eigenvalue weighted by Gasteiger charge is -2.09. The first-order valence-corrected chi connectivity index (χ1v) is 9.63. The molecule has 1 heterocycles. The van der Waals surface area contributed by atoms with Crippen molar-refractivity contribution in [1.29, 1.82) is 0 Å². The van der Waals surface area contributed by atoms with Crippen LogP contribution in [0.3, 0.4) is 0 Å². The highest BCUT2D eigenvalue weighted by molar-refractivity contribution is 9.10. The first-order valence-electron chi connectivity index (χ1n) is 7.85. The number of halogens is 1. The van der Waals surface area contributed by atoms with Gasteiger partial charge in [0.25, 0.3) is 0 Å². The predicted molar refractivity (Wildman–Crippen MR) is 104 cm³/mol. The summed E-state index contributed by atoms with van der Waals surface area (Å²) in [5.74, 6) is 1.06. The number of hydrogen-bond donors (Lipinski definition) is 1. The second-order valence-corrected chi connectivity index (χ2v) is 7.13. The fraction of sp³-hybridized carbons (Fsp3) is 0.167. The number of amides is 1. The van der Waals surface area contributed by atoms with Gasteiger partial charge in [-0.3, -0.25) is 9.36 Å². The number of nitrogens with one attached hydrogen (secondary N) is 1. The molecule has 0 saturated carbocycles. The maximum absolute atomic E-state index is 12.2. The molecular formula is C18H17BrN4OS. The normalized spacial score (nSPS) is 10.6. The second-order valence-electron chi connectivity index (χ2n) is 5.27. The average Bonchev–Trinajstić information content (AvgIpc) is 3.04. The zero-order chi connectivity index (χ0) is 17.6. The van der Waals surface area contributed by atoms with Crippen LogP contribution >= 0.6 is 27.7 Å². The van der Waals surface area contributed by atoms with Crippen LogP contribution in [0.25, 0.3) is 5.69 Å². The molecule has 0 radical (unpaired) electrons. The monoisotopic (exact) mass is 416 g/mol. The summed E-state index contributed by atoms with van der Waals surface area (Å²) in [5, 5.41) is 12.1. The van der Waals surface area contributed by atoms with Crippen molar-refractivity contribution in [3.8, 4) is 5.69 Å². The molecule has 3 aromatic rings. The summed E-state index contributed by atoms with van der Waals surface area (Å²) in [7, 11) is 0. The molecule has 3 rings (SSSR count). The van der Waals surface area contributed by atoms with Crippen molar-refractivity contribution in [3.05, 3.63) is 64.9 Å². The Morgan fingerprint density at radius 3 is 2.68 bits per heavy atom. The summed E-state index contributed by atoms with van der Waals surface area (Å²) >= 11 is 4.77. The minimum Gasteiger partial charge on any atom is -0.325 e. The van der Waals surface area contributed by atoms with E-state index in [0.717, 1.165) is 28.1 Å². The van der Waals surface area contributed by atoms with Gasteiger partial charge in [0, 0.05) is 22.3 Å². The van der Waals surface area contributed by atoms with E-state index >= 15 is 0 Å². The van der Waals surface area contributed by atoms with Crippen LogP contribution in [0.1, 0.15) is 12.7 Å². The van der Waals surface area contributed by atoms with Crippen LogP contribution in [0.15, 0.2) is 64.2 Å². The van der Waals surface area contributed by atoms with Crippen molar-refractivity contribution in [2.45, 2.75) is 18.5 Å². The van der Waals surface area contributed by atoms with Crippen molar-refractivity contribution in [1.82, 2.24) is 14.8 Å². The van der Waals surface area contributed by atoms with E-state index in [-0.39, 0.29) is 11.7 Å². The van der Waals surface area contributed by atoms with E-state index in [1.165, 1.54) is 11.8 Å². The lowest BCUT2D eigenvalue weighted by atomic mass is 10.3. The zero-order valence-corrected chi connectivity index (χ0v) is 16.0. The number of carbonyl (C=O) groups is 1. The quantitative estimate of drug-likeness (QED) is 0.607. The second kappa shape index (κ2) is 8.31. The van der Waals surface area contributed by atoms with Crippen molar-refractivity contribution in [2.24, 2.45) is 0 Å². The molecule has 0 aliphatic heterocycles. The van der Waals surface area contributed by atoms with Gasteiger partial charge in [-0.15, -0.1) is 10.2 Å². The number of carbonyl (C=O) groups excluding carboxylic acids is 1. The number of nitrogens with zero attached hydrogens (tertiary/aromatic N) is 3. The van der Waals surface area contributed by atoms with Crippen LogP contribution in [0.2, 0.25) is 0 Å². The van der Waals surface area contributed by atoms with Gasteiger partial charge in [-0.2, -0.15) is 0 Å². The summed E-state index contributed by atoms with van der Waals surface area (Å²) in [5.41, 5.74) is 1.76. The van der Waals surface area contributed by atoms with E-state index < -0.39 is 0 Å². The Bertz CT molecular complexity index is 867. The van der Waals surface area contributed by atoms with Gasteiger partial charge >= 0.3 is 0 Å². The molecule has 0 fully saturated rings. The highest BCUT2D eigenvalue weighted by atomic mass is 79.9. The standard InChI is InChI=1S/C18H17BrN4OS/c1-2-16-21-22-18(23(16)15-9-4-3-5-10-15)25-12-17(24)20-14-8-6-7-13(19)11-14/h3-11H,2,12H2,1H3,(H,20,24). The lowest BCUT2D eigenvalue weighted by molar-refractivity contribution is -0.113. The molecule has 7 heteroatoms. The van der Waals surface area contributed by atoms with Gasteiger partial charge in [-0.25, -0.2) is 0 Å². The first-order chi connectivity index (χ1) is 12.2. The van der Waals surface area contributed by atoms with Crippen LogP contribution in [-0.2, 0) is 11.2 Å². The Kier molecular flexibility index (Phi) is 5.88. The summed E-state index contributed by atoms with van der Waals surface area (Å²) in [6.07, 6.45) is 0.771. The Morgan fingerprint density at radius 2 is 1.96 bits per heavy atom. The molecule has 2 aromatic carbocycles. The number of anilines is 1. The number of benzene rings is 2. The number of aryl methyl sites for hydroxylation is 1. The maximum atomic E-state index is 12.2. The van der Waals surface area contributed by atoms with Gasteiger partial charge in [-0.05, 0) is 30.3 Å². The third kappa shape index (κ3) is 4.49. The molecule has 5 nitrogen and oxygen atoms in total. The molecule has 0 bridgehead atoms. The van der Waals surface area contributed by atoms with Gasteiger partial charge in [-0.1, -0.05) is 58.9 Å². The largest absolute Gasteiger partial charge is 0.325 e. The van der Waals surface area contributed by atoms with Gasteiger partial charge in [0.05, 0.1) is 5.75 Å². The summed E-state index contributed by atoms with van der Waals surface area (Å²) in [4.78, 5) is 12.2. The van der Waals surface area contributed by atoms with E-state index in [1.807, 2.05) is 66.1 Å². The third-order valence-corrected chi connectivity index (χ3v) is 4.89. The third-order valence-electron chi connectivity index (χ3n) is 3.47. The van der Waals surface area contributed by atoms with E-state index in [2.05, 4.69) is 31.4 Å². The van der Waals surface area contributed by atoms with E-state index in [1.54, 1.807) is 0 Å². The lowest BCUT2D eigenvalue weighted by Crippen LogP contribution is -2.14. The molecule has 1 amide bonds. The fourth-order valence-electron chi connectivity index (χ4n) is 2.35. The van der Waals surface area contributed by atoms with Crippen molar-refractivity contribution >= 4 is 39.3 Å². The summed E-state index contributed by atoms with van der Waals surface area (Å²) in [6, 6.07) is 17.5. The minimum absolute atomic E-state index is 0.0799. The SMILES string of the molecule is CCc1nnc(SCC(=O)Nc2cccc(Br)c2)n1-c1ccccc1. The van der Waals surface area contributed by atoms with Gasteiger partial charge in [0.1, 0.15) is 5.82 Å². The molecule has 0 unspecified atom stereocenters. The summed E-state index contributed by atoms with van der Waals surface area (Å²) < 4.78 is 2.92. The highest BCUT2D eigenvalue weighted by Gasteiger charge is 2.14.